The Kier molecular flexibility index (Phi) is 4.02. The molecule has 0 saturated heterocycles. The molecule has 21 heavy (non-hydrogen) atoms. The fraction of sp³-hybridized carbons (Fsp3) is 0.286. The van der Waals surface area contributed by atoms with Gasteiger partial charge >= 0.3 is 0 Å². The zero-order valence-corrected chi connectivity index (χ0v) is 11.4. The summed E-state index contributed by atoms with van der Waals surface area (Å²) < 4.78 is 0. The molecule has 0 aliphatic carbocycles. The third kappa shape index (κ3) is 3.51. The molecule has 7 heteroatoms. The normalized spacial score (nSPS) is 12.4. The van der Waals surface area contributed by atoms with Crippen LogP contribution in [0.3, 0.4) is 0 Å². The summed E-state index contributed by atoms with van der Waals surface area (Å²) in [4.78, 5) is 7.37. The van der Waals surface area contributed by atoms with E-state index in [1.54, 1.807) is 12.4 Å². The smallest absolute Gasteiger partial charge is 0.202 e. The van der Waals surface area contributed by atoms with E-state index in [-0.39, 0.29) is 0 Å². The van der Waals surface area contributed by atoms with E-state index in [1.165, 1.54) is 5.56 Å². The third-order valence-corrected chi connectivity index (χ3v) is 3.30. The standard InChI is InChI=1S/C14H16N6O/c21-13(14-17-19-20-18-14)4-3-11-1-2-12(16-11)9-10-5-7-15-8-6-10/h1-2,5-8,13,16,21H,3-4,9H2,(H,17,18,19,20). The second-order valence-electron chi connectivity index (χ2n) is 4.87. The van der Waals surface area contributed by atoms with Gasteiger partial charge in [0.25, 0.3) is 0 Å². The number of nitrogens with one attached hydrogen (secondary N) is 2. The number of aliphatic hydroxyl groups is 1. The molecule has 0 spiro atoms. The van der Waals surface area contributed by atoms with Crippen molar-refractivity contribution in [2.24, 2.45) is 0 Å². The van der Waals surface area contributed by atoms with Crippen molar-refractivity contribution in [3.63, 3.8) is 0 Å². The SMILES string of the molecule is OC(CCc1ccc(Cc2ccncc2)[nH]1)c1nn[nH]n1. The van der Waals surface area contributed by atoms with Crippen LogP contribution in [0.4, 0.5) is 0 Å². The molecule has 3 aromatic rings. The molecule has 0 aliphatic heterocycles. The van der Waals surface area contributed by atoms with Gasteiger partial charge in [-0.2, -0.15) is 5.21 Å². The van der Waals surface area contributed by atoms with Crippen LogP contribution in [0, 0.1) is 0 Å². The number of aryl methyl sites for hydroxylation is 1. The van der Waals surface area contributed by atoms with Crippen LogP contribution in [-0.4, -0.2) is 35.7 Å². The monoisotopic (exact) mass is 284 g/mol. The average Bonchev–Trinajstić information content (AvgIpc) is 3.17. The van der Waals surface area contributed by atoms with E-state index in [1.807, 2.05) is 18.2 Å². The second kappa shape index (κ2) is 6.27. The van der Waals surface area contributed by atoms with Crippen LogP contribution in [0.1, 0.15) is 35.3 Å². The summed E-state index contributed by atoms with van der Waals surface area (Å²) in [6.45, 7) is 0. The number of rotatable bonds is 6. The molecule has 0 bridgehead atoms. The molecule has 3 N–H and O–H groups in total. The molecule has 108 valence electrons. The van der Waals surface area contributed by atoms with Gasteiger partial charge in [-0.15, -0.1) is 10.2 Å². The predicted octanol–water partition coefficient (Wildman–Crippen LogP) is 1.18. The van der Waals surface area contributed by atoms with Crippen molar-refractivity contribution in [1.29, 1.82) is 0 Å². The number of aromatic nitrogens is 6. The van der Waals surface area contributed by atoms with E-state index in [2.05, 4.69) is 36.7 Å². The Bertz CT molecular complexity index is 664. The van der Waals surface area contributed by atoms with Crippen molar-refractivity contribution >= 4 is 0 Å². The zero-order valence-electron chi connectivity index (χ0n) is 11.4. The summed E-state index contributed by atoms with van der Waals surface area (Å²) in [6, 6.07) is 8.11. The Morgan fingerprint density at radius 2 is 1.90 bits per heavy atom. The van der Waals surface area contributed by atoms with Crippen LogP contribution >= 0.6 is 0 Å². The van der Waals surface area contributed by atoms with Gasteiger partial charge in [-0.05, 0) is 42.7 Å². The number of aromatic amines is 2. The zero-order chi connectivity index (χ0) is 14.5. The lowest BCUT2D eigenvalue weighted by molar-refractivity contribution is 0.157. The molecule has 0 saturated carbocycles. The van der Waals surface area contributed by atoms with Gasteiger partial charge in [-0.3, -0.25) is 4.98 Å². The Labute approximate surface area is 121 Å². The number of aliphatic hydroxyl groups excluding tert-OH is 1. The van der Waals surface area contributed by atoms with Gasteiger partial charge in [0, 0.05) is 30.2 Å². The van der Waals surface area contributed by atoms with Crippen molar-refractivity contribution in [1.82, 2.24) is 30.6 Å². The third-order valence-electron chi connectivity index (χ3n) is 3.30. The first-order chi connectivity index (χ1) is 10.3. The first kappa shape index (κ1) is 13.4. The molecule has 3 aromatic heterocycles. The van der Waals surface area contributed by atoms with Crippen molar-refractivity contribution < 1.29 is 5.11 Å². The number of pyridine rings is 1. The van der Waals surface area contributed by atoms with E-state index < -0.39 is 6.10 Å². The van der Waals surface area contributed by atoms with Crippen molar-refractivity contribution in [3.05, 3.63) is 59.4 Å². The minimum Gasteiger partial charge on any atom is -0.385 e. The lowest BCUT2D eigenvalue weighted by Gasteiger charge is -2.04. The summed E-state index contributed by atoms with van der Waals surface area (Å²) >= 11 is 0. The Hall–Kier alpha value is -2.54. The molecule has 3 heterocycles. The maximum atomic E-state index is 9.91. The largest absolute Gasteiger partial charge is 0.385 e. The number of H-pyrrole nitrogens is 2. The summed E-state index contributed by atoms with van der Waals surface area (Å²) in [5.41, 5.74) is 3.44. The molecule has 0 aliphatic rings. The van der Waals surface area contributed by atoms with Crippen LogP contribution in [0.15, 0.2) is 36.7 Å². The van der Waals surface area contributed by atoms with E-state index in [0.717, 1.165) is 24.2 Å². The highest BCUT2D eigenvalue weighted by molar-refractivity contribution is 5.22. The highest BCUT2D eigenvalue weighted by Crippen LogP contribution is 2.15. The van der Waals surface area contributed by atoms with Crippen LogP contribution < -0.4 is 0 Å². The van der Waals surface area contributed by atoms with E-state index >= 15 is 0 Å². The number of hydrogen-bond donors (Lipinski definition) is 3. The van der Waals surface area contributed by atoms with Crippen LogP contribution in [0.5, 0.6) is 0 Å². The average molecular weight is 284 g/mol. The Balaban J connectivity index is 1.55. The first-order valence-electron chi connectivity index (χ1n) is 6.78. The highest BCUT2D eigenvalue weighted by Gasteiger charge is 2.12. The summed E-state index contributed by atoms with van der Waals surface area (Å²) in [5, 5.41) is 23.2. The van der Waals surface area contributed by atoms with E-state index in [0.29, 0.717) is 12.2 Å². The lowest BCUT2D eigenvalue weighted by atomic mass is 10.1. The topological polar surface area (TPSA) is 103 Å². The first-order valence-corrected chi connectivity index (χ1v) is 6.78. The second-order valence-corrected chi connectivity index (χ2v) is 4.87. The van der Waals surface area contributed by atoms with Crippen molar-refractivity contribution in [2.75, 3.05) is 0 Å². The Morgan fingerprint density at radius 3 is 2.67 bits per heavy atom. The van der Waals surface area contributed by atoms with E-state index in [9.17, 15) is 5.11 Å². The molecular weight excluding hydrogens is 268 g/mol. The van der Waals surface area contributed by atoms with Gasteiger partial charge in [-0.1, -0.05) is 5.21 Å². The summed E-state index contributed by atoms with van der Waals surface area (Å²) in [6.07, 6.45) is 5.01. The van der Waals surface area contributed by atoms with Gasteiger partial charge in [0.2, 0.25) is 5.82 Å². The molecule has 3 rings (SSSR count). The maximum Gasteiger partial charge on any atom is 0.202 e. The molecule has 1 unspecified atom stereocenters. The fourth-order valence-electron chi connectivity index (χ4n) is 2.19. The number of hydrogen-bond acceptors (Lipinski definition) is 5. The molecule has 0 fully saturated rings. The van der Waals surface area contributed by atoms with Gasteiger partial charge in [-0.25, -0.2) is 0 Å². The molecule has 1 atom stereocenters. The van der Waals surface area contributed by atoms with Crippen LogP contribution in [0.2, 0.25) is 0 Å². The quantitative estimate of drug-likeness (QED) is 0.630. The minimum atomic E-state index is -0.698. The van der Waals surface area contributed by atoms with Gasteiger partial charge in [0.1, 0.15) is 6.10 Å². The van der Waals surface area contributed by atoms with Gasteiger partial charge in [0.15, 0.2) is 0 Å². The molecule has 0 amide bonds. The lowest BCUT2D eigenvalue weighted by Crippen LogP contribution is -2.02. The van der Waals surface area contributed by atoms with Crippen LogP contribution in [-0.2, 0) is 12.8 Å². The molecule has 0 radical (unpaired) electrons. The Morgan fingerprint density at radius 1 is 1.10 bits per heavy atom. The number of nitrogens with zero attached hydrogens (tertiary/aromatic N) is 4. The van der Waals surface area contributed by atoms with Gasteiger partial charge in [0.05, 0.1) is 0 Å². The van der Waals surface area contributed by atoms with Crippen molar-refractivity contribution in [3.8, 4) is 0 Å². The molecular formula is C14H16N6O. The van der Waals surface area contributed by atoms with E-state index in [4.69, 9.17) is 0 Å². The highest BCUT2D eigenvalue weighted by atomic mass is 16.3. The molecule has 7 nitrogen and oxygen atoms in total. The number of tetrazole rings is 1. The van der Waals surface area contributed by atoms with Crippen molar-refractivity contribution in [2.45, 2.75) is 25.4 Å². The maximum absolute atomic E-state index is 9.91. The van der Waals surface area contributed by atoms with Gasteiger partial charge < -0.3 is 10.1 Å². The summed E-state index contributed by atoms with van der Waals surface area (Å²) in [7, 11) is 0. The molecule has 0 aromatic carbocycles. The predicted molar refractivity (Wildman–Crippen MR) is 75.3 cm³/mol. The minimum absolute atomic E-state index is 0.332. The van der Waals surface area contributed by atoms with Crippen LogP contribution in [0.25, 0.3) is 0 Å². The fourth-order valence-corrected chi connectivity index (χ4v) is 2.19. The summed E-state index contributed by atoms with van der Waals surface area (Å²) in [5.74, 6) is 0.332.